The van der Waals surface area contributed by atoms with Crippen molar-refractivity contribution in [3.63, 3.8) is 0 Å². The first-order valence-corrected chi connectivity index (χ1v) is 5.72. The second-order valence-corrected chi connectivity index (χ2v) is 4.29. The number of hydrogen-bond donors (Lipinski definition) is 0. The van der Waals surface area contributed by atoms with Gasteiger partial charge in [-0.05, 0) is 13.0 Å². The molecule has 114 valence electrons. The molecule has 0 bridgehead atoms. The normalized spacial score (nSPS) is 11.3. The summed E-state index contributed by atoms with van der Waals surface area (Å²) in [5.74, 6) is -2.28. The maximum Gasteiger partial charge on any atom is 0.418 e. The van der Waals surface area contributed by atoms with E-state index in [0.29, 0.717) is 23.0 Å². The third-order valence-electron chi connectivity index (χ3n) is 2.91. The molecule has 1 heterocycles. The highest BCUT2D eigenvalue weighted by Gasteiger charge is 2.34. The molecule has 0 N–H and O–H groups in total. The van der Waals surface area contributed by atoms with Crippen LogP contribution in [0.25, 0.3) is 5.69 Å². The summed E-state index contributed by atoms with van der Waals surface area (Å²) in [4.78, 5) is 11.9. The van der Waals surface area contributed by atoms with Crippen molar-refractivity contribution >= 4 is 0 Å². The zero-order chi connectivity index (χ0) is 16.7. The van der Waals surface area contributed by atoms with E-state index in [1.54, 1.807) is 0 Å². The van der Waals surface area contributed by atoms with Gasteiger partial charge < -0.3 is 0 Å². The topological polar surface area (TPSA) is 58.7 Å². The average Bonchev–Trinajstić information content (AvgIpc) is 2.42. The van der Waals surface area contributed by atoms with Crippen LogP contribution in [0.4, 0.5) is 22.0 Å². The minimum Gasteiger partial charge on any atom is -0.267 e. The van der Waals surface area contributed by atoms with Crippen LogP contribution in [0.2, 0.25) is 0 Å². The molecule has 0 radical (unpaired) electrons. The summed E-state index contributed by atoms with van der Waals surface area (Å²) >= 11 is 0. The summed E-state index contributed by atoms with van der Waals surface area (Å²) in [7, 11) is 0. The lowest BCUT2D eigenvalue weighted by molar-refractivity contribution is -0.138. The van der Waals surface area contributed by atoms with Gasteiger partial charge in [-0.25, -0.2) is 8.78 Å². The van der Waals surface area contributed by atoms with Gasteiger partial charge in [0, 0.05) is 11.6 Å². The van der Waals surface area contributed by atoms with Crippen molar-refractivity contribution in [2.75, 3.05) is 0 Å². The van der Waals surface area contributed by atoms with E-state index in [1.807, 2.05) is 0 Å². The highest BCUT2D eigenvalue weighted by atomic mass is 19.4. The Kier molecular flexibility index (Phi) is 3.70. The lowest BCUT2D eigenvalue weighted by atomic mass is 10.1. The van der Waals surface area contributed by atoms with Crippen molar-refractivity contribution < 1.29 is 22.0 Å². The van der Waals surface area contributed by atoms with Gasteiger partial charge in [0.05, 0.1) is 17.3 Å². The molecule has 0 saturated carbocycles. The van der Waals surface area contributed by atoms with Crippen molar-refractivity contribution in [3.05, 3.63) is 57.0 Å². The fourth-order valence-corrected chi connectivity index (χ4v) is 1.78. The average molecular weight is 315 g/mol. The smallest absolute Gasteiger partial charge is 0.267 e. The predicted octanol–water partition coefficient (Wildman–Crippen LogP) is 2.71. The summed E-state index contributed by atoms with van der Waals surface area (Å²) in [6.45, 7) is 0.904. The van der Waals surface area contributed by atoms with Crippen LogP contribution in [-0.4, -0.2) is 9.78 Å². The van der Waals surface area contributed by atoms with Crippen molar-refractivity contribution in [2.24, 2.45) is 0 Å². The number of nitriles is 1. The van der Waals surface area contributed by atoms with E-state index in [1.165, 1.54) is 6.07 Å². The molecule has 0 amide bonds. The first kappa shape index (κ1) is 15.6. The zero-order valence-corrected chi connectivity index (χ0v) is 10.9. The fourth-order valence-electron chi connectivity index (χ4n) is 1.78. The molecule has 0 aliphatic carbocycles. The van der Waals surface area contributed by atoms with Crippen molar-refractivity contribution in [1.82, 2.24) is 9.78 Å². The number of benzene rings is 1. The van der Waals surface area contributed by atoms with E-state index >= 15 is 0 Å². The maximum atomic E-state index is 13.8. The molecule has 0 unspecified atom stereocenters. The van der Waals surface area contributed by atoms with Crippen LogP contribution in [0.3, 0.4) is 0 Å². The van der Waals surface area contributed by atoms with Crippen molar-refractivity contribution in [2.45, 2.75) is 13.1 Å². The van der Waals surface area contributed by atoms with Gasteiger partial charge in [0.15, 0.2) is 5.82 Å². The van der Waals surface area contributed by atoms with Gasteiger partial charge in [-0.15, -0.1) is 0 Å². The van der Waals surface area contributed by atoms with Gasteiger partial charge in [-0.1, -0.05) is 0 Å². The summed E-state index contributed by atoms with van der Waals surface area (Å²) < 4.78 is 65.6. The van der Waals surface area contributed by atoms with Crippen LogP contribution in [0.5, 0.6) is 0 Å². The Morgan fingerprint density at radius 1 is 1.23 bits per heavy atom. The molecular weight excluding hydrogens is 309 g/mol. The van der Waals surface area contributed by atoms with E-state index < -0.39 is 45.7 Å². The third kappa shape index (κ3) is 2.55. The predicted molar refractivity (Wildman–Crippen MR) is 64.2 cm³/mol. The molecule has 9 heteroatoms. The summed E-state index contributed by atoms with van der Waals surface area (Å²) in [6.07, 6.45) is -4.43. The molecule has 0 aliphatic heterocycles. The Labute approximate surface area is 120 Å². The molecule has 0 fully saturated rings. The lowest BCUT2D eigenvalue weighted by Gasteiger charge is -2.12. The number of halogens is 5. The van der Waals surface area contributed by atoms with Crippen LogP contribution in [0.1, 0.15) is 16.7 Å². The third-order valence-corrected chi connectivity index (χ3v) is 2.91. The molecule has 1 aromatic carbocycles. The van der Waals surface area contributed by atoms with E-state index in [9.17, 15) is 26.7 Å². The standard InChI is InChI=1S/C13H6F5N3O/c1-6-8(13(16,17)18)5-20-21(12(6)22)11-3-9(14)7(4-19)2-10(11)15/h2-3,5H,1H3. The number of rotatable bonds is 1. The summed E-state index contributed by atoms with van der Waals surface area (Å²) in [6, 6.07) is 2.45. The molecule has 0 saturated heterocycles. The summed E-state index contributed by atoms with van der Waals surface area (Å²) in [5.41, 5.74) is -4.48. The first-order chi connectivity index (χ1) is 10.2. The van der Waals surface area contributed by atoms with Crippen LogP contribution >= 0.6 is 0 Å². The number of alkyl halides is 3. The second kappa shape index (κ2) is 5.22. The number of hydrogen-bond acceptors (Lipinski definition) is 3. The van der Waals surface area contributed by atoms with E-state index in [4.69, 9.17) is 5.26 Å². The molecule has 22 heavy (non-hydrogen) atoms. The minimum atomic E-state index is -4.79. The van der Waals surface area contributed by atoms with Crippen LogP contribution in [0, 0.1) is 29.9 Å². The largest absolute Gasteiger partial charge is 0.418 e. The Morgan fingerprint density at radius 2 is 1.86 bits per heavy atom. The molecule has 2 aromatic rings. The molecule has 4 nitrogen and oxygen atoms in total. The van der Waals surface area contributed by atoms with Crippen LogP contribution < -0.4 is 5.56 Å². The van der Waals surface area contributed by atoms with Gasteiger partial charge in [0.1, 0.15) is 17.6 Å². The highest BCUT2D eigenvalue weighted by molar-refractivity contribution is 5.42. The van der Waals surface area contributed by atoms with Gasteiger partial charge in [0.25, 0.3) is 5.56 Å². The van der Waals surface area contributed by atoms with Gasteiger partial charge in [0.2, 0.25) is 0 Å². The van der Waals surface area contributed by atoms with Gasteiger partial charge in [-0.2, -0.15) is 28.2 Å². The Bertz CT molecular complexity index is 848. The molecule has 2 rings (SSSR count). The lowest BCUT2D eigenvalue weighted by Crippen LogP contribution is -2.28. The molecule has 1 aromatic heterocycles. The quantitative estimate of drug-likeness (QED) is 0.760. The van der Waals surface area contributed by atoms with Crippen molar-refractivity contribution in [1.29, 1.82) is 5.26 Å². The van der Waals surface area contributed by atoms with E-state index in [-0.39, 0.29) is 0 Å². The van der Waals surface area contributed by atoms with Crippen molar-refractivity contribution in [3.8, 4) is 11.8 Å². The zero-order valence-electron chi connectivity index (χ0n) is 10.9. The van der Waals surface area contributed by atoms with Gasteiger partial charge in [-0.3, -0.25) is 4.79 Å². The molecule has 0 aliphatic rings. The van der Waals surface area contributed by atoms with E-state index in [0.717, 1.165) is 6.92 Å². The van der Waals surface area contributed by atoms with E-state index in [2.05, 4.69) is 5.10 Å². The maximum absolute atomic E-state index is 13.8. The molecule has 0 atom stereocenters. The second-order valence-electron chi connectivity index (χ2n) is 4.29. The van der Waals surface area contributed by atoms with Gasteiger partial charge >= 0.3 is 6.18 Å². The highest BCUT2D eigenvalue weighted by Crippen LogP contribution is 2.30. The van der Waals surface area contributed by atoms with Crippen LogP contribution in [-0.2, 0) is 6.18 Å². The molecular formula is C13H6F5N3O. The van der Waals surface area contributed by atoms with Crippen LogP contribution in [0.15, 0.2) is 23.1 Å². The number of aromatic nitrogens is 2. The first-order valence-electron chi connectivity index (χ1n) is 5.72. The Morgan fingerprint density at radius 3 is 2.41 bits per heavy atom. The Hall–Kier alpha value is -2.76. The monoisotopic (exact) mass is 315 g/mol. The fraction of sp³-hybridized carbons (Fsp3) is 0.154. The Balaban J connectivity index is 2.71. The summed E-state index contributed by atoms with van der Waals surface area (Å²) in [5, 5.41) is 11.8. The SMILES string of the molecule is Cc1c(C(F)(F)F)cnn(-c2cc(F)c(C#N)cc2F)c1=O. The minimum absolute atomic E-state index is 0.310. The number of nitrogens with zero attached hydrogens (tertiary/aromatic N) is 3. The molecule has 0 spiro atoms.